The molecule has 0 aliphatic rings. The van der Waals surface area contributed by atoms with Crippen LogP contribution in [0.15, 0.2) is 18.3 Å². The van der Waals surface area contributed by atoms with Gasteiger partial charge >= 0.3 is 5.97 Å². The van der Waals surface area contributed by atoms with Crippen LogP contribution >= 0.6 is 11.6 Å². The molecular weight excluding hydrogens is 326 g/mol. The highest BCUT2D eigenvalue weighted by Gasteiger charge is 2.14. The van der Waals surface area contributed by atoms with Crippen LogP contribution in [0.3, 0.4) is 0 Å². The van der Waals surface area contributed by atoms with E-state index < -0.39 is 12.1 Å². The molecule has 0 bridgehead atoms. The summed E-state index contributed by atoms with van der Waals surface area (Å²) in [4.78, 5) is 14.8. The minimum atomic E-state index is -0.852. The number of hydrogen-bond acceptors (Lipinski definition) is 3. The first-order valence-electron chi connectivity index (χ1n) is 8.76. The third-order valence-corrected chi connectivity index (χ3v) is 4.08. The minimum Gasteiger partial charge on any atom is -0.481 e. The zero-order valence-electron chi connectivity index (χ0n) is 14.4. The molecule has 1 unspecified atom stereocenters. The third kappa shape index (κ3) is 8.46. The van der Waals surface area contributed by atoms with Gasteiger partial charge in [-0.25, -0.2) is 0 Å². The standard InChI is InChI=1S/C19H28ClNO3/c1-2-3-4-5-6-7-8-10-15-13-16(20)14-21-19(15)17(22)11-9-12-18(23)24/h8,10,13-14,17,22H,2-7,9,11-12H2,1H3,(H,23,24)/b10-8+. The van der Waals surface area contributed by atoms with Crippen molar-refractivity contribution >= 4 is 23.6 Å². The number of rotatable bonds is 12. The first-order valence-corrected chi connectivity index (χ1v) is 9.14. The highest BCUT2D eigenvalue weighted by Crippen LogP contribution is 2.24. The molecular formula is C19H28ClNO3. The van der Waals surface area contributed by atoms with Gasteiger partial charge in [-0.2, -0.15) is 0 Å². The smallest absolute Gasteiger partial charge is 0.303 e. The number of carboxylic acids is 1. The van der Waals surface area contributed by atoms with E-state index in [1.165, 1.54) is 31.9 Å². The number of aromatic nitrogens is 1. The van der Waals surface area contributed by atoms with Crippen molar-refractivity contribution in [2.45, 2.75) is 70.8 Å². The second-order valence-electron chi connectivity index (χ2n) is 6.04. The molecule has 0 radical (unpaired) electrons. The largest absolute Gasteiger partial charge is 0.481 e. The number of nitrogens with zero attached hydrogens (tertiary/aromatic N) is 1. The summed E-state index contributed by atoms with van der Waals surface area (Å²) in [7, 11) is 0. The molecule has 0 saturated carbocycles. The quantitative estimate of drug-likeness (QED) is 0.494. The number of hydrogen-bond donors (Lipinski definition) is 2. The van der Waals surface area contributed by atoms with Gasteiger partial charge in [0.05, 0.1) is 16.8 Å². The molecule has 134 valence electrons. The maximum Gasteiger partial charge on any atom is 0.303 e. The van der Waals surface area contributed by atoms with E-state index in [1.807, 2.05) is 6.08 Å². The van der Waals surface area contributed by atoms with Gasteiger partial charge in [-0.15, -0.1) is 0 Å². The van der Waals surface area contributed by atoms with E-state index in [0.29, 0.717) is 23.6 Å². The van der Waals surface area contributed by atoms with Gasteiger partial charge in [0.15, 0.2) is 0 Å². The molecule has 0 amide bonds. The van der Waals surface area contributed by atoms with E-state index in [0.717, 1.165) is 18.4 Å². The van der Waals surface area contributed by atoms with Crippen molar-refractivity contribution in [3.8, 4) is 0 Å². The summed E-state index contributed by atoms with van der Waals surface area (Å²) in [6, 6.07) is 1.79. The zero-order valence-corrected chi connectivity index (χ0v) is 15.1. The molecule has 2 N–H and O–H groups in total. The predicted molar refractivity (Wildman–Crippen MR) is 98.1 cm³/mol. The Morgan fingerprint density at radius 2 is 2.04 bits per heavy atom. The Hall–Kier alpha value is -1.39. The van der Waals surface area contributed by atoms with Crippen LogP contribution in [0.25, 0.3) is 6.08 Å². The van der Waals surface area contributed by atoms with Gasteiger partial charge in [-0.1, -0.05) is 56.4 Å². The fourth-order valence-corrected chi connectivity index (χ4v) is 2.70. The van der Waals surface area contributed by atoms with Crippen LogP contribution in [0.1, 0.15) is 82.1 Å². The average molecular weight is 354 g/mol. The Morgan fingerprint density at radius 3 is 2.75 bits per heavy atom. The van der Waals surface area contributed by atoms with E-state index in [1.54, 1.807) is 6.07 Å². The van der Waals surface area contributed by atoms with Crippen molar-refractivity contribution in [1.82, 2.24) is 4.98 Å². The minimum absolute atomic E-state index is 0.0492. The molecule has 5 heteroatoms. The van der Waals surface area contributed by atoms with Gasteiger partial charge in [0, 0.05) is 12.6 Å². The Labute approximate surface area is 149 Å². The van der Waals surface area contributed by atoms with Gasteiger partial charge in [-0.3, -0.25) is 9.78 Å². The van der Waals surface area contributed by atoms with E-state index in [4.69, 9.17) is 16.7 Å². The van der Waals surface area contributed by atoms with Gasteiger partial charge in [0.1, 0.15) is 0 Å². The van der Waals surface area contributed by atoms with E-state index >= 15 is 0 Å². The van der Waals surface area contributed by atoms with Gasteiger partial charge in [-0.05, 0) is 37.3 Å². The summed E-state index contributed by atoms with van der Waals surface area (Å²) >= 11 is 6.01. The summed E-state index contributed by atoms with van der Waals surface area (Å²) < 4.78 is 0. The van der Waals surface area contributed by atoms with Crippen LogP contribution in [-0.2, 0) is 4.79 Å². The molecule has 1 heterocycles. The summed E-state index contributed by atoms with van der Waals surface area (Å²) in [6.45, 7) is 2.20. The van der Waals surface area contributed by atoms with Gasteiger partial charge in [0.2, 0.25) is 0 Å². The summed E-state index contributed by atoms with van der Waals surface area (Å²) in [5, 5.41) is 19.5. The van der Waals surface area contributed by atoms with Crippen molar-refractivity contribution in [3.63, 3.8) is 0 Å². The Kier molecular flexibility index (Phi) is 10.4. The van der Waals surface area contributed by atoms with Crippen molar-refractivity contribution in [1.29, 1.82) is 0 Å². The van der Waals surface area contributed by atoms with Crippen LogP contribution < -0.4 is 0 Å². The molecule has 1 aromatic rings. The molecule has 4 nitrogen and oxygen atoms in total. The van der Waals surface area contributed by atoms with E-state index in [2.05, 4.69) is 18.0 Å². The number of carboxylic acid groups (broad SMARTS) is 1. The molecule has 0 aromatic carbocycles. The lowest BCUT2D eigenvalue weighted by Gasteiger charge is -2.12. The SMILES string of the molecule is CCCCCCC/C=C/c1cc(Cl)cnc1C(O)CCCC(=O)O. The van der Waals surface area contributed by atoms with Crippen LogP contribution in [-0.4, -0.2) is 21.2 Å². The monoisotopic (exact) mass is 353 g/mol. The number of allylic oxidation sites excluding steroid dienone is 1. The second kappa shape index (κ2) is 12.0. The molecule has 1 aromatic heterocycles. The van der Waals surface area contributed by atoms with Crippen molar-refractivity contribution < 1.29 is 15.0 Å². The third-order valence-electron chi connectivity index (χ3n) is 3.87. The molecule has 0 spiro atoms. The first kappa shape index (κ1) is 20.7. The van der Waals surface area contributed by atoms with E-state index in [9.17, 15) is 9.90 Å². The molecule has 0 saturated heterocycles. The first-order chi connectivity index (χ1) is 11.5. The Balaban J connectivity index is 2.58. The van der Waals surface area contributed by atoms with Crippen LogP contribution in [0.4, 0.5) is 0 Å². The second-order valence-corrected chi connectivity index (χ2v) is 6.47. The number of aliphatic hydroxyl groups excluding tert-OH is 1. The maximum absolute atomic E-state index is 10.6. The zero-order chi connectivity index (χ0) is 17.8. The van der Waals surface area contributed by atoms with Gasteiger partial charge in [0.25, 0.3) is 0 Å². The Morgan fingerprint density at radius 1 is 1.29 bits per heavy atom. The molecule has 24 heavy (non-hydrogen) atoms. The molecule has 0 aliphatic carbocycles. The fourth-order valence-electron chi connectivity index (χ4n) is 2.54. The van der Waals surface area contributed by atoms with Gasteiger partial charge < -0.3 is 10.2 Å². The highest BCUT2D eigenvalue weighted by atomic mass is 35.5. The van der Waals surface area contributed by atoms with Crippen LogP contribution in [0, 0.1) is 0 Å². The van der Waals surface area contributed by atoms with Crippen LogP contribution in [0.2, 0.25) is 5.02 Å². The Bertz CT molecular complexity index is 531. The van der Waals surface area contributed by atoms with E-state index in [-0.39, 0.29) is 6.42 Å². The lowest BCUT2D eigenvalue weighted by molar-refractivity contribution is -0.137. The number of unbranched alkanes of at least 4 members (excludes halogenated alkanes) is 5. The highest BCUT2D eigenvalue weighted by molar-refractivity contribution is 6.30. The number of halogens is 1. The summed E-state index contributed by atoms with van der Waals surface area (Å²) in [5.41, 5.74) is 1.37. The number of aliphatic hydroxyl groups is 1. The molecule has 1 atom stereocenters. The van der Waals surface area contributed by atoms with Crippen LogP contribution in [0.5, 0.6) is 0 Å². The number of pyridine rings is 1. The maximum atomic E-state index is 10.6. The fraction of sp³-hybridized carbons (Fsp3) is 0.579. The van der Waals surface area contributed by atoms with Crippen molar-refractivity contribution in [2.24, 2.45) is 0 Å². The number of aliphatic carboxylic acids is 1. The average Bonchev–Trinajstić information content (AvgIpc) is 2.53. The molecule has 0 aliphatic heterocycles. The number of carbonyl (C=O) groups is 1. The lowest BCUT2D eigenvalue weighted by atomic mass is 10.0. The molecule has 1 rings (SSSR count). The summed E-state index contributed by atoms with van der Waals surface area (Å²) in [5.74, 6) is -0.852. The lowest BCUT2D eigenvalue weighted by Crippen LogP contribution is -2.04. The van der Waals surface area contributed by atoms with Crippen molar-refractivity contribution in [3.05, 3.63) is 34.6 Å². The normalized spacial score (nSPS) is 12.6. The predicted octanol–water partition coefficient (Wildman–Crippen LogP) is 5.40. The van der Waals surface area contributed by atoms with Crippen molar-refractivity contribution in [2.75, 3.05) is 0 Å². The molecule has 0 fully saturated rings. The topological polar surface area (TPSA) is 70.4 Å². The summed E-state index contributed by atoms with van der Waals surface area (Å²) in [6.07, 6.45) is 12.8.